The molecule has 0 aliphatic carbocycles. The van der Waals surface area contributed by atoms with E-state index < -0.39 is 0 Å². The minimum atomic E-state index is 0.286. The number of rotatable bonds is 4. The fourth-order valence-electron chi connectivity index (χ4n) is 1.98. The lowest BCUT2D eigenvalue weighted by atomic mass is 10.1. The third-order valence-electron chi connectivity index (χ3n) is 2.88. The number of nitrogens with two attached hydrogens (primary N) is 1. The standard InChI is InChI=1S/C11H19N3S/c12-8-11(10-4-7-15-9-10)13-14-5-2-1-3-6-14/h4,7,9,11,13H,1-3,5-6,8,12H2. The first-order valence-electron chi connectivity index (χ1n) is 5.63. The smallest absolute Gasteiger partial charge is 0.0595 e. The summed E-state index contributed by atoms with van der Waals surface area (Å²) in [7, 11) is 0. The average molecular weight is 225 g/mol. The van der Waals surface area contributed by atoms with Gasteiger partial charge in [-0.15, -0.1) is 0 Å². The molecule has 0 bridgehead atoms. The van der Waals surface area contributed by atoms with Crippen molar-refractivity contribution in [3.8, 4) is 0 Å². The third-order valence-corrected chi connectivity index (χ3v) is 3.58. The van der Waals surface area contributed by atoms with E-state index in [1.165, 1.54) is 24.8 Å². The predicted molar refractivity (Wildman–Crippen MR) is 64.7 cm³/mol. The highest BCUT2D eigenvalue weighted by atomic mass is 32.1. The second-order valence-electron chi connectivity index (χ2n) is 4.02. The molecule has 2 heterocycles. The van der Waals surface area contributed by atoms with E-state index in [0.29, 0.717) is 6.54 Å². The number of hydrazine groups is 1. The quantitative estimate of drug-likeness (QED) is 0.820. The second-order valence-corrected chi connectivity index (χ2v) is 4.80. The summed E-state index contributed by atoms with van der Waals surface area (Å²) in [6, 6.07) is 2.44. The van der Waals surface area contributed by atoms with Crippen molar-refractivity contribution >= 4 is 11.3 Å². The maximum Gasteiger partial charge on any atom is 0.0595 e. The Bertz CT molecular complexity index is 267. The molecule has 1 unspecified atom stereocenters. The summed E-state index contributed by atoms with van der Waals surface area (Å²) in [5.74, 6) is 0. The van der Waals surface area contributed by atoms with E-state index in [1.54, 1.807) is 11.3 Å². The van der Waals surface area contributed by atoms with E-state index in [-0.39, 0.29) is 6.04 Å². The summed E-state index contributed by atoms with van der Waals surface area (Å²) < 4.78 is 0. The third kappa shape index (κ3) is 3.01. The van der Waals surface area contributed by atoms with Crippen LogP contribution >= 0.6 is 11.3 Å². The van der Waals surface area contributed by atoms with E-state index in [9.17, 15) is 0 Å². The lowest BCUT2D eigenvalue weighted by molar-refractivity contribution is 0.130. The predicted octanol–water partition coefficient (Wildman–Crippen LogP) is 1.74. The molecule has 3 nitrogen and oxygen atoms in total. The minimum absolute atomic E-state index is 0.286. The molecule has 4 heteroatoms. The van der Waals surface area contributed by atoms with Gasteiger partial charge in [0, 0.05) is 19.6 Å². The van der Waals surface area contributed by atoms with Gasteiger partial charge in [-0.3, -0.25) is 0 Å². The van der Waals surface area contributed by atoms with Gasteiger partial charge in [-0.1, -0.05) is 6.42 Å². The Hall–Kier alpha value is -0.420. The molecule has 1 aromatic heterocycles. The summed E-state index contributed by atoms with van der Waals surface area (Å²) in [6.45, 7) is 2.97. The van der Waals surface area contributed by atoms with Crippen LogP contribution < -0.4 is 11.2 Å². The monoisotopic (exact) mass is 225 g/mol. The molecule has 0 amide bonds. The van der Waals surface area contributed by atoms with Crippen molar-refractivity contribution in [3.05, 3.63) is 22.4 Å². The van der Waals surface area contributed by atoms with Gasteiger partial charge in [0.05, 0.1) is 6.04 Å². The molecule has 1 aromatic rings. The summed E-state index contributed by atoms with van der Waals surface area (Å²) in [5, 5.41) is 6.60. The van der Waals surface area contributed by atoms with E-state index in [4.69, 9.17) is 5.73 Å². The Morgan fingerprint density at radius 1 is 1.40 bits per heavy atom. The van der Waals surface area contributed by atoms with Gasteiger partial charge in [0.2, 0.25) is 0 Å². The van der Waals surface area contributed by atoms with Crippen LogP contribution in [0.15, 0.2) is 16.8 Å². The Labute approximate surface area is 95.2 Å². The van der Waals surface area contributed by atoms with E-state index >= 15 is 0 Å². The first-order chi connectivity index (χ1) is 7.40. The molecule has 15 heavy (non-hydrogen) atoms. The Morgan fingerprint density at radius 3 is 2.80 bits per heavy atom. The Balaban J connectivity index is 1.90. The number of thiophene rings is 1. The SMILES string of the molecule is NCC(NN1CCCCC1)c1ccsc1. The average Bonchev–Trinajstić information content (AvgIpc) is 2.81. The van der Waals surface area contributed by atoms with Crippen LogP contribution in [0.2, 0.25) is 0 Å². The largest absolute Gasteiger partial charge is 0.329 e. The first-order valence-corrected chi connectivity index (χ1v) is 6.57. The zero-order valence-corrected chi connectivity index (χ0v) is 9.80. The highest BCUT2D eigenvalue weighted by Gasteiger charge is 2.15. The van der Waals surface area contributed by atoms with Crippen molar-refractivity contribution < 1.29 is 0 Å². The molecule has 0 radical (unpaired) electrons. The van der Waals surface area contributed by atoms with Crippen LogP contribution in [-0.4, -0.2) is 24.6 Å². The van der Waals surface area contributed by atoms with Gasteiger partial charge in [0.25, 0.3) is 0 Å². The van der Waals surface area contributed by atoms with Crippen LogP contribution in [0, 0.1) is 0 Å². The molecule has 3 N–H and O–H groups in total. The number of nitrogens with one attached hydrogen (secondary N) is 1. The van der Waals surface area contributed by atoms with Crippen LogP contribution in [0.1, 0.15) is 30.9 Å². The lowest BCUT2D eigenvalue weighted by Gasteiger charge is -2.31. The van der Waals surface area contributed by atoms with Gasteiger partial charge < -0.3 is 5.73 Å². The van der Waals surface area contributed by atoms with Gasteiger partial charge in [-0.2, -0.15) is 11.3 Å². The van der Waals surface area contributed by atoms with Gasteiger partial charge in [-0.25, -0.2) is 10.4 Å². The van der Waals surface area contributed by atoms with Crippen molar-refractivity contribution in [2.24, 2.45) is 5.73 Å². The van der Waals surface area contributed by atoms with Crippen LogP contribution in [0.4, 0.5) is 0 Å². The molecule has 0 aromatic carbocycles. The molecular formula is C11H19N3S. The number of piperidine rings is 1. The molecule has 1 saturated heterocycles. The molecule has 2 rings (SSSR count). The van der Waals surface area contributed by atoms with Crippen molar-refractivity contribution in [3.63, 3.8) is 0 Å². The van der Waals surface area contributed by atoms with Crippen LogP contribution in [0.5, 0.6) is 0 Å². The summed E-state index contributed by atoms with van der Waals surface area (Å²) in [5.41, 5.74) is 10.6. The molecule has 1 aliphatic heterocycles. The van der Waals surface area contributed by atoms with E-state index in [2.05, 4.69) is 27.3 Å². The van der Waals surface area contributed by atoms with Crippen LogP contribution in [-0.2, 0) is 0 Å². The number of hydrogen-bond acceptors (Lipinski definition) is 4. The van der Waals surface area contributed by atoms with E-state index in [0.717, 1.165) is 13.1 Å². The maximum absolute atomic E-state index is 5.80. The Kier molecular flexibility index (Phi) is 4.14. The topological polar surface area (TPSA) is 41.3 Å². The second kappa shape index (κ2) is 5.61. The highest BCUT2D eigenvalue weighted by molar-refractivity contribution is 7.07. The lowest BCUT2D eigenvalue weighted by Crippen LogP contribution is -2.45. The zero-order chi connectivity index (χ0) is 10.5. The molecule has 1 fully saturated rings. The van der Waals surface area contributed by atoms with E-state index in [1.807, 2.05) is 0 Å². The molecule has 84 valence electrons. The summed E-state index contributed by atoms with van der Waals surface area (Å²) in [6.07, 6.45) is 3.96. The normalized spacial score (nSPS) is 20.3. The minimum Gasteiger partial charge on any atom is -0.329 e. The van der Waals surface area contributed by atoms with Crippen LogP contribution in [0.25, 0.3) is 0 Å². The molecule has 0 spiro atoms. The maximum atomic E-state index is 5.80. The Morgan fingerprint density at radius 2 is 2.20 bits per heavy atom. The fraction of sp³-hybridized carbons (Fsp3) is 0.636. The van der Waals surface area contributed by atoms with Crippen molar-refractivity contribution in [1.29, 1.82) is 0 Å². The summed E-state index contributed by atoms with van der Waals surface area (Å²) >= 11 is 1.73. The first kappa shape index (κ1) is 11.1. The summed E-state index contributed by atoms with van der Waals surface area (Å²) in [4.78, 5) is 0. The van der Waals surface area contributed by atoms with Gasteiger partial charge >= 0.3 is 0 Å². The van der Waals surface area contributed by atoms with Gasteiger partial charge in [0.1, 0.15) is 0 Å². The number of nitrogens with zero attached hydrogens (tertiary/aromatic N) is 1. The molecule has 1 aliphatic rings. The molecule has 1 atom stereocenters. The number of hydrogen-bond donors (Lipinski definition) is 2. The van der Waals surface area contributed by atoms with Crippen molar-refractivity contribution in [2.45, 2.75) is 25.3 Å². The molecular weight excluding hydrogens is 206 g/mol. The van der Waals surface area contributed by atoms with Gasteiger partial charge in [-0.05, 0) is 35.2 Å². The zero-order valence-electron chi connectivity index (χ0n) is 8.98. The molecule has 0 saturated carbocycles. The van der Waals surface area contributed by atoms with Crippen molar-refractivity contribution in [2.75, 3.05) is 19.6 Å². The van der Waals surface area contributed by atoms with Crippen LogP contribution in [0.3, 0.4) is 0 Å². The highest BCUT2D eigenvalue weighted by Crippen LogP contribution is 2.17. The van der Waals surface area contributed by atoms with Gasteiger partial charge in [0.15, 0.2) is 0 Å². The fourth-order valence-corrected chi connectivity index (χ4v) is 2.69. The van der Waals surface area contributed by atoms with Crippen molar-refractivity contribution in [1.82, 2.24) is 10.4 Å².